The molecule has 146 valence electrons. The summed E-state index contributed by atoms with van der Waals surface area (Å²) in [5, 5.41) is 5.50. The van der Waals surface area contributed by atoms with E-state index in [0.29, 0.717) is 28.4 Å². The van der Waals surface area contributed by atoms with Crippen molar-refractivity contribution in [3.8, 4) is 11.5 Å². The maximum Gasteiger partial charge on any atom is 0.255 e. The average molecular weight is 391 g/mol. The Morgan fingerprint density at radius 1 is 0.897 bits per heavy atom. The number of hydrogen-bond acceptors (Lipinski definition) is 5. The van der Waals surface area contributed by atoms with Crippen LogP contribution in [0, 0.1) is 0 Å². The number of aromatic nitrogens is 1. The second-order valence-corrected chi connectivity index (χ2v) is 6.32. The van der Waals surface area contributed by atoms with E-state index in [9.17, 15) is 14.4 Å². The van der Waals surface area contributed by atoms with Crippen LogP contribution in [0.5, 0.6) is 11.5 Å². The van der Waals surface area contributed by atoms with Crippen molar-refractivity contribution in [1.82, 2.24) is 4.57 Å². The number of amides is 2. The highest BCUT2D eigenvalue weighted by molar-refractivity contribution is 6.05. The molecule has 0 bridgehead atoms. The smallest absolute Gasteiger partial charge is 0.255 e. The Morgan fingerprint density at radius 3 is 2.52 bits per heavy atom. The number of benzene rings is 2. The van der Waals surface area contributed by atoms with Crippen LogP contribution in [0.4, 0.5) is 11.4 Å². The molecule has 1 aromatic heterocycles. The van der Waals surface area contributed by atoms with Crippen LogP contribution < -0.4 is 25.7 Å². The van der Waals surface area contributed by atoms with Crippen molar-refractivity contribution in [2.45, 2.75) is 6.54 Å². The molecule has 3 aromatic rings. The minimum atomic E-state index is -0.349. The van der Waals surface area contributed by atoms with Gasteiger partial charge in [-0.3, -0.25) is 14.4 Å². The van der Waals surface area contributed by atoms with E-state index in [-0.39, 0.29) is 30.7 Å². The normalized spacial score (nSPS) is 11.7. The fraction of sp³-hybridized carbons (Fsp3) is 0.0952. The van der Waals surface area contributed by atoms with E-state index < -0.39 is 0 Å². The third-order valence-corrected chi connectivity index (χ3v) is 4.25. The lowest BCUT2D eigenvalue weighted by molar-refractivity contribution is -0.116. The molecule has 0 unspecified atom stereocenters. The average Bonchev–Trinajstić information content (AvgIpc) is 3.18. The summed E-state index contributed by atoms with van der Waals surface area (Å²) >= 11 is 0. The monoisotopic (exact) mass is 391 g/mol. The largest absolute Gasteiger partial charge is 0.454 e. The first-order valence-electron chi connectivity index (χ1n) is 8.85. The van der Waals surface area contributed by atoms with Crippen molar-refractivity contribution in [3.63, 3.8) is 0 Å². The molecule has 8 heteroatoms. The minimum absolute atomic E-state index is 0.104. The Labute approximate surface area is 165 Å². The lowest BCUT2D eigenvalue weighted by Crippen LogP contribution is -2.26. The topological polar surface area (TPSA) is 98.7 Å². The summed E-state index contributed by atoms with van der Waals surface area (Å²) in [5.41, 5.74) is 1.18. The SMILES string of the molecule is O=C(Cn1ccccc1=O)Nc1cccc(NC(=O)c2ccc3c(c2)OCO3)c1. The highest BCUT2D eigenvalue weighted by atomic mass is 16.7. The lowest BCUT2D eigenvalue weighted by atomic mass is 10.2. The van der Waals surface area contributed by atoms with Crippen LogP contribution in [0.3, 0.4) is 0 Å². The second-order valence-electron chi connectivity index (χ2n) is 6.32. The van der Waals surface area contributed by atoms with E-state index >= 15 is 0 Å². The van der Waals surface area contributed by atoms with E-state index in [4.69, 9.17) is 9.47 Å². The summed E-state index contributed by atoms with van der Waals surface area (Å²) in [6.45, 7) is 0.0325. The lowest BCUT2D eigenvalue weighted by Gasteiger charge is -2.10. The molecule has 0 fully saturated rings. The van der Waals surface area contributed by atoms with Crippen LogP contribution in [0.1, 0.15) is 10.4 Å². The minimum Gasteiger partial charge on any atom is -0.454 e. The Kier molecular flexibility index (Phi) is 4.98. The summed E-state index contributed by atoms with van der Waals surface area (Å²) in [6.07, 6.45) is 1.55. The van der Waals surface area contributed by atoms with Gasteiger partial charge in [-0.25, -0.2) is 0 Å². The van der Waals surface area contributed by atoms with E-state index in [1.54, 1.807) is 60.8 Å². The molecular formula is C21H17N3O5. The van der Waals surface area contributed by atoms with Gasteiger partial charge in [0.2, 0.25) is 12.7 Å². The zero-order valence-electron chi connectivity index (χ0n) is 15.3. The first-order chi connectivity index (χ1) is 14.1. The Bertz CT molecular complexity index is 1140. The Balaban J connectivity index is 1.42. The van der Waals surface area contributed by atoms with Crippen LogP contribution in [0.2, 0.25) is 0 Å². The standard InChI is InChI=1S/C21H17N3O5/c25-19(12-24-9-2-1-6-20(24)26)22-15-4-3-5-16(11-15)23-21(27)14-7-8-17-18(10-14)29-13-28-17/h1-11H,12-13H2,(H,22,25)(H,23,27). The molecule has 1 aliphatic rings. The highest BCUT2D eigenvalue weighted by Gasteiger charge is 2.16. The Hall–Kier alpha value is -4.07. The zero-order valence-corrected chi connectivity index (χ0v) is 15.3. The molecule has 2 aromatic carbocycles. The fourth-order valence-electron chi connectivity index (χ4n) is 2.86. The predicted molar refractivity (Wildman–Crippen MR) is 106 cm³/mol. The first-order valence-corrected chi connectivity index (χ1v) is 8.85. The van der Waals surface area contributed by atoms with Gasteiger partial charge in [0, 0.05) is 29.2 Å². The van der Waals surface area contributed by atoms with E-state index in [1.807, 2.05) is 0 Å². The van der Waals surface area contributed by atoms with Crippen molar-refractivity contribution >= 4 is 23.2 Å². The highest BCUT2D eigenvalue weighted by Crippen LogP contribution is 2.32. The number of rotatable bonds is 5. The van der Waals surface area contributed by atoms with Crippen LogP contribution in [-0.2, 0) is 11.3 Å². The molecule has 2 N–H and O–H groups in total. The second kappa shape index (κ2) is 7.89. The summed E-state index contributed by atoms with van der Waals surface area (Å²) in [7, 11) is 0. The quantitative estimate of drug-likeness (QED) is 0.696. The third-order valence-electron chi connectivity index (χ3n) is 4.25. The fourth-order valence-corrected chi connectivity index (χ4v) is 2.86. The third kappa shape index (κ3) is 4.27. The summed E-state index contributed by atoms with van der Waals surface area (Å²) in [6, 6.07) is 16.4. The molecule has 0 atom stereocenters. The summed E-state index contributed by atoms with van der Waals surface area (Å²) < 4.78 is 11.8. The van der Waals surface area contributed by atoms with Crippen molar-refractivity contribution in [2.75, 3.05) is 17.4 Å². The number of carbonyl (C=O) groups is 2. The number of fused-ring (bicyclic) bond motifs is 1. The van der Waals surface area contributed by atoms with Gasteiger partial charge in [0.15, 0.2) is 11.5 Å². The van der Waals surface area contributed by atoms with Crippen LogP contribution in [-0.4, -0.2) is 23.2 Å². The van der Waals surface area contributed by atoms with Crippen LogP contribution >= 0.6 is 0 Å². The molecular weight excluding hydrogens is 374 g/mol. The molecule has 0 spiro atoms. The van der Waals surface area contributed by atoms with Gasteiger partial charge in [-0.2, -0.15) is 0 Å². The van der Waals surface area contributed by atoms with Gasteiger partial charge >= 0.3 is 0 Å². The van der Waals surface area contributed by atoms with Gasteiger partial charge in [-0.15, -0.1) is 0 Å². The number of nitrogens with zero attached hydrogens (tertiary/aromatic N) is 1. The molecule has 2 heterocycles. The van der Waals surface area contributed by atoms with Crippen molar-refractivity contribution in [1.29, 1.82) is 0 Å². The van der Waals surface area contributed by atoms with Crippen molar-refractivity contribution in [3.05, 3.63) is 82.8 Å². The zero-order chi connectivity index (χ0) is 20.2. The van der Waals surface area contributed by atoms with Gasteiger partial charge in [0.05, 0.1) is 0 Å². The molecule has 1 aliphatic heterocycles. The van der Waals surface area contributed by atoms with Gasteiger partial charge in [0.25, 0.3) is 11.5 Å². The maximum atomic E-state index is 12.5. The predicted octanol–water partition coefficient (Wildman–Crippen LogP) is 2.47. The summed E-state index contributed by atoms with van der Waals surface area (Å²) in [5.74, 6) is 0.457. The van der Waals surface area contributed by atoms with Crippen LogP contribution in [0.15, 0.2) is 71.7 Å². The van der Waals surface area contributed by atoms with Gasteiger partial charge in [-0.1, -0.05) is 12.1 Å². The molecule has 4 rings (SSSR count). The number of ether oxygens (including phenoxy) is 2. The van der Waals surface area contributed by atoms with Gasteiger partial charge < -0.3 is 24.7 Å². The number of anilines is 2. The molecule has 0 radical (unpaired) electrons. The number of nitrogens with one attached hydrogen (secondary N) is 2. The van der Waals surface area contributed by atoms with Gasteiger partial charge in [-0.05, 0) is 42.5 Å². The molecule has 0 saturated heterocycles. The molecule has 0 aliphatic carbocycles. The maximum absolute atomic E-state index is 12.5. The summed E-state index contributed by atoms with van der Waals surface area (Å²) in [4.78, 5) is 36.4. The van der Waals surface area contributed by atoms with Gasteiger partial charge in [0.1, 0.15) is 6.54 Å². The van der Waals surface area contributed by atoms with Crippen molar-refractivity contribution < 1.29 is 19.1 Å². The molecule has 2 amide bonds. The molecule has 29 heavy (non-hydrogen) atoms. The van der Waals surface area contributed by atoms with E-state index in [1.165, 1.54) is 10.6 Å². The number of carbonyl (C=O) groups excluding carboxylic acids is 2. The van der Waals surface area contributed by atoms with Crippen LogP contribution in [0.25, 0.3) is 0 Å². The van der Waals surface area contributed by atoms with Crippen molar-refractivity contribution in [2.24, 2.45) is 0 Å². The number of pyridine rings is 1. The molecule has 8 nitrogen and oxygen atoms in total. The van der Waals surface area contributed by atoms with E-state index in [0.717, 1.165) is 0 Å². The molecule has 0 saturated carbocycles. The van der Waals surface area contributed by atoms with E-state index in [2.05, 4.69) is 10.6 Å². The number of hydrogen-bond donors (Lipinski definition) is 2. The Morgan fingerprint density at radius 2 is 1.69 bits per heavy atom. The first kappa shape index (κ1) is 18.3.